The van der Waals surface area contributed by atoms with Gasteiger partial charge in [-0.05, 0) is 57.5 Å². The van der Waals surface area contributed by atoms with Gasteiger partial charge in [0.1, 0.15) is 11.3 Å². The molecule has 1 N–H and O–H groups in total. The summed E-state index contributed by atoms with van der Waals surface area (Å²) in [6.07, 6.45) is 4.64. The van der Waals surface area contributed by atoms with E-state index in [0.29, 0.717) is 11.6 Å². The van der Waals surface area contributed by atoms with Crippen LogP contribution in [0.3, 0.4) is 0 Å². The van der Waals surface area contributed by atoms with Crippen LogP contribution in [0.25, 0.3) is 11.1 Å². The lowest BCUT2D eigenvalue weighted by molar-refractivity contribution is 0.132. The number of hydrogen-bond acceptors (Lipinski definition) is 4. The first kappa shape index (κ1) is 13.2. The molecule has 21 heavy (non-hydrogen) atoms. The van der Waals surface area contributed by atoms with Crippen molar-refractivity contribution in [3.05, 3.63) is 29.9 Å². The van der Waals surface area contributed by atoms with E-state index in [1.165, 1.54) is 31.4 Å². The number of piperidine rings is 1. The Balaban J connectivity index is 1.63. The predicted molar refractivity (Wildman–Crippen MR) is 78.5 cm³/mol. The third-order valence-electron chi connectivity index (χ3n) is 4.72. The molecule has 0 radical (unpaired) electrons. The summed E-state index contributed by atoms with van der Waals surface area (Å²) >= 11 is 0. The van der Waals surface area contributed by atoms with Gasteiger partial charge in [-0.15, -0.1) is 0 Å². The largest absolute Gasteiger partial charge is 0.439 e. The van der Waals surface area contributed by atoms with E-state index in [1.807, 2.05) is 0 Å². The molecule has 0 amide bonds. The van der Waals surface area contributed by atoms with Crippen molar-refractivity contribution in [2.24, 2.45) is 0 Å². The van der Waals surface area contributed by atoms with Gasteiger partial charge in [0.15, 0.2) is 5.58 Å². The van der Waals surface area contributed by atoms with Crippen LogP contribution in [0.1, 0.15) is 37.6 Å². The first-order valence-electron chi connectivity index (χ1n) is 7.84. The van der Waals surface area contributed by atoms with Crippen molar-refractivity contribution in [2.45, 2.75) is 37.8 Å². The van der Waals surface area contributed by atoms with Gasteiger partial charge in [-0.25, -0.2) is 9.37 Å². The van der Waals surface area contributed by atoms with Crippen LogP contribution in [-0.2, 0) is 0 Å². The van der Waals surface area contributed by atoms with Crippen LogP contribution in [0.15, 0.2) is 22.6 Å². The van der Waals surface area contributed by atoms with Gasteiger partial charge in [-0.1, -0.05) is 0 Å². The monoisotopic (exact) mass is 289 g/mol. The molecule has 3 heterocycles. The van der Waals surface area contributed by atoms with E-state index in [1.54, 1.807) is 6.07 Å². The smallest absolute Gasteiger partial charge is 0.212 e. The van der Waals surface area contributed by atoms with Gasteiger partial charge in [0.2, 0.25) is 5.89 Å². The molecule has 1 unspecified atom stereocenters. The highest BCUT2D eigenvalue weighted by molar-refractivity contribution is 5.72. The molecule has 1 atom stereocenters. The minimum absolute atomic E-state index is 0.253. The van der Waals surface area contributed by atoms with Crippen molar-refractivity contribution < 1.29 is 8.81 Å². The number of nitrogens with one attached hydrogen (secondary N) is 1. The van der Waals surface area contributed by atoms with E-state index >= 15 is 0 Å². The number of nitrogens with zero attached hydrogens (tertiary/aromatic N) is 2. The molecule has 5 heteroatoms. The Labute approximate surface area is 123 Å². The average molecular weight is 289 g/mol. The first-order valence-corrected chi connectivity index (χ1v) is 7.84. The lowest BCUT2D eigenvalue weighted by Crippen LogP contribution is -2.42. The number of fused-ring (bicyclic) bond motifs is 1. The van der Waals surface area contributed by atoms with E-state index in [2.05, 4.69) is 15.2 Å². The van der Waals surface area contributed by atoms with Crippen LogP contribution in [0.2, 0.25) is 0 Å². The number of oxazole rings is 1. The molecule has 4 rings (SSSR count). The van der Waals surface area contributed by atoms with Crippen molar-refractivity contribution in [1.82, 2.24) is 15.2 Å². The second-order valence-electron chi connectivity index (χ2n) is 6.04. The van der Waals surface area contributed by atoms with Gasteiger partial charge in [0, 0.05) is 12.1 Å². The lowest BCUT2D eigenvalue weighted by atomic mass is 10.0. The molecule has 1 aromatic heterocycles. The van der Waals surface area contributed by atoms with Crippen molar-refractivity contribution >= 4 is 11.1 Å². The van der Waals surface area contributed by atoms with E-state index in [4.69, 9.17) is 4.42 Å². The minimum atomic E-state index is -0.271. The molecule has 0 saturated carbocycles. The fourth-order valence-corrected chi connectivity index (χ4v) is 3.69. The summed E-state index contributed by atoms with van der Waals surface area (Å²) in [4.78, 5) is 7.13. The molecule has 4 nitrogen and oxygen atoms in total. The zero-order valence-electron chi connectivity index (χ0n) is 12.0. The molecule has 2 aliphatic heterocycles. The van der Waals surface area contributed by atoms with Gasteiger partial charge in [-0.2, -0.15) is 0 Å². The lowest BCUT2D eigenvalue weighted by Gasteiger charge is -2.34. The molecule has 1 aromatic carbocycles. The second kappa shape index (κ2) is 5.39. The van der Waals surface area contributed by atoms with Crippen LogP contribution in [-0.4, -0.2) is 35.6 Å². The van der Waals surface area contributed by atoms with Crippen LogP contribution >= 0.6 is 0 Å². The Bertz CT molecular complexity index is 635. The molecular weight excluding hydrogens is 269 g/mol. The number of benzene rings is 1. The van der Waals surface area contributed by atoms with E-state index in [9.17, 15) is 4.39 Å². The Morgan fingerprint density at radius 1 is 1.24 bits per heavy atom. The maximum atomic E-state index is 13.3. The fourth-order valence-electron chi connectivity index (χ4n) is 3.69. The van der Waals surface area contributed by atoms with Crippen molar-refractivity contribution in [3.8, 4) is 0 Å². The molecule has 0 bridgehead atoms. The zero-order chi connectivity index (χ0) is 14.2. The SMILES string of the molecule is Fc1ccc2nc(C3CCCN3C3CCNCC3)oc2c1. The Morgan fingerprint density at radius 2 is 2.10 bits per heavy atom. The number of rotatable bonds is 2. The molecule has 0 aliphatic carbocycles. The molecule has 2 saturated heterocycles. The normalized spacial score (nSPS) is 24.9. The summed E-state index contributed by atoms with van der Waals surface area (Å²) in [5, 5.41) is 3.41. The highest BCUT2D eigenvalue weighted by atomic mass is 19.1. The van der Waals surface area contributed by atoms with Crippen LogP contribution < -0.4 is 5.32 Å². The topological polar surface area (TPSA) is 41.3 Å². The standard InChI is InChI=1S/C16H20FN3O/c17-11-3-4-13-15(10-11)21-16(19-13)14-2-1-9-20(14)12-5-7-18-8-6-12/h3-4,10,12,14,18H,1-2,5-9H2. The van der Waals surface area contributed by atoms with Crippen molar-refractivity contribution in [2.75, 3.05) is 19.6 Å². The highest BCUT2D eigenvalue weighted by Gasteiger charge is 2.35. The summed E-state index contributed by atoms with van der Waals surface area (Å²) in [5.41, 5.74) is 1.31. The second-order valence-corrected chi connectivity index (χ2v) is 6.04. The molecule has 112 valence electrons. The maximum absolute atomic E-state index is 13.3. The summed E-state index contributed by atoms with van der Waals surface area (Å²) in [5.74, 6) is 0.485. The summed E-state index contributed by atoms with van der Waals surface area (Å²) in [6, 6.07) is 5.43. The predicted octanol–water partition coefficient (Wildman–Crippen LogP) is 2.86. The summed E-state index contributed by atoms with van der Waals surface area (Å²) < 4.78 is 19.1. The van der Waals surface area contributed by atoms with Crippen molar-refractivity contribution in [1.29, 1.82) is 0 Å². The van der Waals surface area contributed by atoms with Crippen LogP contribution in [0.5, 0.6) is 0 Å². The van der Waals surface area contributed by atoms with Crippen molar-refractivity contribution in [3.63, 3.8) is 0 Å². The van der Waals surface area contributed by atoms with Gasteiger partial charge in [0.25, 0.3) is 0 Å². The zero-order valence-corrected chi connectivity index (χ0v) is 12.0. The summed E-state index contributed by atoms with van der Waals surface area (Å²) in [6.45, 7) is 3.29. The Morgan fingerprint density at radius 3 is 2.95 bits per heavy atom. The molecule has 2 aromatic rings. The van der Waals surface area contributed by atoms with Gasteiger partial charge in [-0.3, -0.25) is 4.90 Å². The molecule has 2 fully saturated rings. The van der Waals surface area contributed by atoms with Gasteiger partial charge < -0.3 is 9.73 Å². The maximum Gasteiger partial charge on any atom is 0.212 e. The molecule has 0 spiro atoms. The van der Waals surface area contributed by atoms with E-state index < -0.39 is 0 Å². The third kappa shape index (κ3) is 2.45. The third-order valence-corrected chi connectivity index (χ3v) is 4.72. The minimum Gasteiger partial charge on any atom is -0.439 e. The van der Waals surface area contributed by atoms with Crippen LogP contribution in [0.4, 0.5) is 4.39 Å². The number of aromatic nitrogens is 1. The van der Waals surface area contributed by atoms with E-state index in [-0.39, 0.29) is 11.9 Å². The molecule has 2 aliphatic rings. The Hall–Kier alpha value is -1.46. The Kier molecular flexibility index (Phi) is 3.39. The van der Waals surface area contributed by atoms with E-state index in [0.717, 1.165) is 37.5 Å². The molecular formula is C16H20FN3O. The number of likely N-dealkylation sites (tertiary alicyclic amines) is 1. The quantitative estimate of drug-likeness (QED) is 0.923. The van der Waals surface area contributed by atoms with Crippen LogP contribution in [0, 0.1) is 5.82 Å². The fraction of sp³-hybridized carbons (Fsp3) is 0.562. The number of hydrogen-bond donors (Lipinski definition) is 1. The van der Waals surface area contributed by atoms with Gasteiger partial charge in [0.05, 0.1) is 6.04 Å². The number of halogens is 1. The first-order chi connectivity index (χ1) is 10.3. The van der Waals surface area contributed by atoms with Gasteiger partial charge >= 0.3 is 0 Å². The average Bonchev–Trinajstić information content (AvgIpc) is 3.13. The highest BCUT2D eigenvalue weighted by Crippen LogP contribution is 2.36. The summed E-state index contributed by atoms with van der Waals surface area (Å²) in [7, 11) is 0.